The minimum Gasteiger partial charge on any atom is -0.497 e. The zero-order chi connectivity index (χ0) is 15.8. The van der Waals surface area contributed by atoms with E-state index < -0.39 is 0 Å². The predicted molar refractivity (Wildman–Crippen MR) is 80.5 cm³/mol. The van der Waals surface area contributed by atoms with Crippen LogP contribution in [0.4, 0.5) is 4.39 Å². The van der Waals surface area contributed by atoms with Crippen molar-refractivity contribution in [3.8, 4) is 5.75 Å². The van der Waals surface area contributed by atoms with Crippen LogP contribution in [0.5, 0.6) is 5.75 Å². The van der Waals surface area contributed by atoms with Gasteiger partial charge in [-0.1, -0.05) is 11.3 Å². The summed E-state index contributed by atoms with van der Waals surface area (Å²) in [5.41, 5.74) is 1.71. The maximum Gasteiger partial charge on any atom is 0.131 e. The Morgan fingerprint density at radius 2 is 2.35 bits per heavy atom. The van der Waals surface area contributed by atoms with Crippen molar-refractivity contribution in [2.45, 2.75) is 31.7 Å². The van der Waals surface area contributed by atoms with Gasteiger partial charge in [0.2, 0.25) is 0 Å². The van der Waals surface area contributed by atoms with E-state index in [1.165, 1.54) is 13.2 Å². The fourth-order valence-electron chi connectivity index (χ4n) is 3.42. The number of benzene rings is 1. The third-order valence-electron chi connectivity index (χ3n) is 4.67. The first kappa shape index (κ1) is 14.6. The zero-order valence-electron chi connectivity index (χ0n) is 13.0. The normalized spacial score (nSPS) is 24.1. The molecule has 2 aliphatic rings. The van der Waals surface area contributed by atoms with Gasteiger partial charge in [0, 0.05) is 31.3 Å². The van der Waals surface area contributed by atoms with Crippen LogP contribution in [-0.2, 0) is 17.9 Å². The van der Waals surface area contributed by atoms with Gasteiger partial charge in [0.25, 0.3) is 0 Å². The highest BCUT2D eigenvalue weighted by Crippen LogP contribution is 2.31. The molecule has 122 valence electrons. The molecular weight excluding hydrogens is 299 g/mol. The Balaban J connectivity index is 1.45. The van der Waals surface area contributed by atoms with Crippen LogP contribution in [0, 0.1) is 5.82 Å². The van der Waals surface area contributed by atoms with Crippen molar-refractivity contribution in [2.75, 3.05) is 20.2 Å². The van der Waals surface area contributed by atoms with Crippen molar-refractivity contribution in [3.63, 3.8) is 0 Å². The van der Waals surface area contributed by atoms with Crippen molar-refractivity contribution in [1.82, 2.24) is 19.9 Å². The molecule has 0 spiro atoms. The lowest BCUT2D eigenvalue weighted by molar-refractivity contribution is -0.0705. The smallest absolute Gasteiger partial charge is 0.131 e. The molecule has 2 aliphatic heterocycles. The number of methoxy groups -OCH3 is 1. The second-order valence-electron chi connectivity index (χ2n) is 6.07. The van der Waals surface area contributed by atoms with Gasteiger partial charge in [-0.3, -0.25) is 4.90 Å². The summed E-state index contributed by atoms with van der Waals surface area (Å²) >= 11 is 0. The van der Waals surface area contributed by atoms with Gasteiger partial charge < -0.3 is 9.47 Å². The molecule has 1 saturated heterocycles. The van der Waals surface area contributed by atoms with Crippen molar-refractivity contribution in [3.05, 3.63) is 41.5 Å². The molecule has 0 N–H and O–H groups in total. The summed E-state index contributed by atoms with van der Waals surface area (Å²) in [6.45, 7) is 2.77. The van der Waals surface area contributed by atoms with Crippen molar-refractivity contribution >= 4 is 0 Å². The van der Waals surface area contributed by atoms with Gasteiger partial charge in [0.15, 0.2) is 0 Å². The van der Waals surface area contributed by atoms with E-state index in [-0.39, 0.29) is 18.0 Å². The lowest BCUT2D eigenvalue weighted by Crippen LogP contribution is -2.48. The zero-order valence-corrected chi connectivity index (χ0v) is 13.0. The first-order chi connectivity index (χ1) is 11.2. The first-order valence-electron chi connectivity index (χ1n) is 7.80. The molecule has 0 radical (unpaired) electrons. The van der Waals surface area contributed by atoms with Gasteiger partial charge >= 0.3 is 0 Å². The van der Waals surface area contributed by atoms with Crippen LogP contribution < -0.4 is 4.74 Å². The molecule has 0 saturated carbocycles. The number of aromatic nitrogens is 3. The van der Waals surface area contributed by atoms with E-state index >= 15 is 0 Å². The number of ether oxygens (including phenoxy) is 2. The quantitative estimate of drug-likeness (QED) is 0.863. The highest BCUT2D eigenvalue weighted by Gasteiger charge is 2.36. The molecule has 0 amide bonds. The second-order valence-corrected chi connectivity index (χ2v) is 6.07. The number of hydrogen-bond donors (Lipinski definition) is 0. The van der Waals surface area contributed by atoms with Crippen LogP contribution in [0.1, 0.15) is 23.7 Å². The van der Waals surface area contributed by atoms with Gasteiger partial charge in [0.1, 0.15) is 11.6 Å². The molecule has 3 heterocycles. The topological polar surface area (TPSA) is 52.4 Å². The summed E-state index contributed by atoms with van der Waals surface area (Å²) in [4.78, 5) is 2.23. The van der Waals surface area contributed by atoms with Crippen molar-refractivity contribution in [2.24, 2.45) is 0 Å². The second kappa shape index (κ2) is 5.90. The maximum absolute atomic E-state index is 14.1. The van der Waals surface area contributed by atoms with Crippen LogP contribution >= 0.6 is 0 Å². The van der Waals surface area contributed by atoms with E-state index in [1.54, 1.807) is 18.3 Å². The van der Waals surface area contributed by atoms with Gasteiger partial charge in [-0.15, -0.1) is 5.10 Å². The number of nitrogens with zero attached hydrogens (tertiary/aromatic N) is 4. The molecule has 0 aliphatic carbocycles. The minimum absolute atomic E-state index is 0.0826. The highest BCUT2D eigenvalue weighted by atomic mass is 19.1. The van der Waals surface area contributed by atoms with Crippen molar-refractivity contribution in [1.29, 1.82) is 0 Å². The predicted octanol–water partition coefficient (Wildman–Crippen LogP) is 1.77. The van der Waals surface area contributed by atoms with E-state index in [4.69, 9.17) is 9.47 Å². The molecular formula is C16H19FN4O2. The monoisotopic (exact) mass is 318 g/mol. The van der Waals surface area contributed by atoms with E-state index in [0.29, 0.717) is 24.5 Å². The Bertz CT molecular complexity index is 705. The molecule has 2 atom stereocenters. The summed E-state index contributed by atoms with van der Waals surface area (Å²) in [6.07, 6.45) is 2.77. The SMILES string of the molecule is COc1ccc(CN2CC[C@H]3[C@H](C2)OCc2cnnn23)c(F)c1. The lowest BCUT2D eigenvalue weighted by atomic mass is 9.99. The number of rotatable bonds is 3. The maximum atomic E-state index is 14.1. The molecule has 1 aromatic heterocycles. The molecule has 23 heavy (non-hydrogen) atoms. The average molecular weight is 318 g/mol. The Morgan fingerprint density at radius 1 is 1.43 bits per heavy atom. The van der Waals surface area contributed by atoms with E-state index in [9.17, 15) is 4.39 Å². The average Bonchev–Trinajstić information content (AvgIpc) is 3.05. The summed E-state index contributed by atoms with van der Waals surface area (Å²) in [5.74, 6) is 0.314. The Hall–Kier alpha value is -1.99. The van der Waals surface area contributed by atoms with Gasteiger partial charge in [-0.2, -0.15) is 0 Å². The summed E-state index contributed by atoms with van der Waals surface area (Å²) < 4.78 is 27.1. The molecule has 0 bridgehead atoms. The number of halogens is 1. The molecule has 2 aromatic rings. The fraction of sp³-hybridized carbons (Fsp3) is 0.500. The van der Waals surface area contributed by atoms with Crippen LogP contribution in [0.15, 0.2) is 24.4 Å². The molecule has 1 fully saturated rings. The van der Waals surface area contributed by atoms with Gasteiger partial charge in [0.05, 0.1) is 37.8 Å². The minimum atomic E-state index is -0.227. The number of fused-ring (bicyclic) bond motifs is 3. The molecule has 6 nitrogen and oxygen atoms in total. The van der Waals surface area contributed by atoms with Crippen molar-refractivity contribution < 1.29 is 13.9 Å². The van der Waals surface area contributed by atoms with Crippen LogP contribution in [0.25, 0.3) is 0 Å². The summed E-state index contributed by atoms with van der Waals surface area (Å²) in [5, 5.41) is 8.15. The van der Waals surface area contributed by atoms with E-state index in [1.807, 2.05) is 4.68 Å². The standard InChI is InChI=1S/C16H19FN4O2/c1-22-13-3-2-11(14(17)6-13)8-20-5-4-15-16(9-20)23-10-12-7-18-19-21(12)15/h2-3,6-7,15-16H,4-5,8-10H2,1H3/t15-,16-/m0/s1. The third-order valence-corrected chi connectivity index (χ3v) is 4.67. The first-order valence-corrected chi connectivity index (χ1v) is 7.80. The highest BCUT2D eigenvalue weighted by molar-refractivity contribution is 5.28. The molecule has 7 heteroatoms. The fourth-order valence-corrected chi connectivity index (χ4v) is 3.42. The Labute approximate surface area is 133 Å². The van der Waals surface area contributed by atoms with Crippen LogP contribution in [0.2, 0.25) is 0 Å². The number of likely N-dealkylation sites (tertiary alicyclic amines) is 1. The molecule has 1 aromatic carbocycles. The largest absolute Gasteiger partial charge is 0.497 e. The van der Waals surface area contributed by atoms with Crippen LogP contribution in [-0.4, -0.2) is 46.2 Å². The molecule has 4 rings (SSSR count). The van der Waals surface area contributed by atoms with Gasteiger partial charge in [-0.05, 0) is 12.5 Å². The Morgan fingerprint density at radius 3 is 3.17 bits per heavy atom. The Kier molecular flexibility index (Phi) is 3.74. The van der Waals surface area contributed by atoms with Crippen LogP contribution in [0.3, 0.4) is 0 Å². The number of piperidine rings is 1. The van der Waals surface area contributed by atoms with Gasteiger partial charge in [-0.25, -0.2) is 9.07 Å². The third kappa shape index (κ3) is 2.70. The van der Waals surface area contributed by atoms with E-state index in [2.05, 4.69) is 15.2 Å². The lowest BCUT2D eigenvalue weighted by Gasteiger charge is -2.41. The summed E-state index contributed by atoms with van der Waals surface area (Å²) in [7, 11) is 1.54. The van der Waals surface area contributed by atoms with E-state index in [0.717, 1.165) is 25.2 Å². The summed E-state index contributed by atoms with van der Waals surface area (Å²) in [6, 6.07) is 5.25. The molecule has 0 unspecified atom stereocenters. The number of hydrogen-bond acceptors (Lipinski definition) is 5.